The third kappa shape index (κ3) is 3.15. The fourth-order valence-electron chi connectivity index (χ4n) is 5.40. The summed E-state index contributed by atoms with van der Waals surface area (Å²) in [6.07, 6.45) is 21.8. The molecule has 0 unspecified atom stereocenters. The molecule has 3 fully saturated rings. The SMILES string of the molecule is [Pd][PH](C1CCCCC1)(C1CCCCC1)C1CCCC1. The van der Waals surface area contributed by atoms with Gasteiger partial charge in [-0.3, -0.25) is 0 Å². The van der Waals surface area contributed by atoms with Crippen LogP contribution >= 0.6 is 5.45 Å². The van der Waals surface area contributed by atoms with Crippen molar-refractivity contribution in [2.24, 2.45) is 0 Å². The summed E-state index contributed by atoms with van der Waals surface area (Å²) >= 11 is 4.24. The molecule has 0 nitrogen and oxygen atoms in total. The van der Waals surface area contributed by atoms with Crippen molar-refractivity contribution in [2.75, 3.05) is 0 Å². The van der Waals surface area contributed by atoms with E-state index in [0.717, 1.165) is 17.0 Å². The molecule has 0 amide bonds. The summed E-state index contributed by atoms with van der Waals surface area (Å²) in [6, 6.07) is 0. The van der Waals surface area contributed by atoms with Crippen LogP contribution < -0.4 is 0 Å². The van der Waals surface area contributed by atoms with E-state index < -0.39 is 5.45 Å². The predicted octanol–water partition coefficient (Wildman–Crippen LogP) is 5.81. The van der Waals surface area contributed by atoms with Crippen LogP contribution in [0.4, 0.5) is 0 Å². The van der Waals surface area contributed by atoms with Gasteiger partial charge in [0.1, 0.15) is 0 Å². The van der Waals surface area contributed by atoms with Gasteiger partial charge in [-0.15, -0.1) is 0 Å². The Kier molecular flexibility index (Phi) is 5.45. The summed E-state index contributed by atoms with van der Waals surface area (Å²) in [5.41, 5.74) is 2.29. The van der Waals surface area contributed by atoms with E-state index in [4.69, 9.17) is 0 Å². The normalized spacial score (nSPS) is 29.8. The van der Waals surface area contributed by atoms with Gasteiger partial charge in [0.25, 0.3) is 0 Å². The number of hydrogen-bond donors (Lipinski definition) is 0. The van der Waals surface area contributed by atoms with E-state index >= 15 is 0 Å². The van der Waals surface area contributed by atoms with Crippen LogP contribution in [0.1, 0.15) is 89.9 Å². The second kappa shape index (κ2) is 6.90. The van der Waals surface area contributed by atoms with Gasteiger partial charge in [0.15, 0.2) is 0 Å². The van der Waals surface area contributed by atoms with Crippen LogP contribution in [-0.4, -0.2) is 17.0 Å². The van der Waals surface area contributed by atoms with Crippen molar-refractivity contribution in [1.29, 1.82) is 0 Å². The minimum atomic E-state index is -1.16. The van der Waals surface area contributed by atoms with Gasteiger partial charge in [0.2, 0.25) is 0 Å². The monoisotopic (exact) mass is 373 g/mol. The van der Waals surface area contributed by atoms with E-state index in [2.05, 4.69) is 18.7 Å². The Balaban J connectivity index is 1.79. The minimum absolute atomic E-state index is 1.15. The number of hydrogen-bond acceptors (Lipinski definition) is 0. The van der Waals surface area contributed by atoms with Crippen molar-refractivity contribution in [1.82, 2.24) is 0 Å². The third-order valence-electron chi connectivity index (χ3n) is 6.37. The fourth-order valence-corrected chi connectivity index (χ4v) is 15.2. The molecular weight excluding hydrogens is 342 g/mol. The standard InChI is InChI=1S/C17H31P.Pd/c1-3-9-15(10-4-1)18(17-13-7-8-14-17)16-11-5-2-6-12-16;/h15-17H,1-14H2;/q;-1/p+1. The Labute approximate surface area is 131 Å². The maximum atomic E-state index is 4.24. The second-order valence-electron chi connectivity index (χ2n) is 7.43. The molecule has 19 heavy (non-hydrogen) atoms. The van der Waals surface area contributed by atoms with Crippen LogP contribution in [0, 0.1) is 0 Å². The Morgan fingerprint density at radius 2 is 0.737 bits per heavy atom. The van der Waals surface area contributed by atoms with E-state index in [9.17, 15) is 0 Å². The molecule has 0 bridgehead atoms. The molecule has 3 aliphatic rings. The number of rotatable bonds is 3. The molecule has 0 aromatic carbocycles. The molecule has 0 saturated heterocycles. The van der Waals surface area contributed by atoms with Crippen molar-refractivity contribution >= 4 is 5.45 Å². The Bertz CT molecular complexity index is 255. The first-order valence-electron chi connectivity index (χ1n) is 8.97. The van der Waals surface area contributed by atoms with Crippen molar-refractivity contribution in [3.8, 4) is 0 Å². The van der Waals surface area contributed by atoms with Gasteiger partial charge < -0.3 is 0 Å². The van der Waals surface area contributed by atoms with Crippen LogP contribution in [-0.2, 0) is 18.7 Å². The van der Waals surface area contributed by atoms with Gasteiger partial charge in [-0.05, 0) is 0 Å². The zero-order chi connectivity index (χ0) is 13.1. The Morgan fingerprint density at radius 3 is 1.05 bits per heavy atom. The van der Waals surface area contributed by atoms with Crippen LogP contribution in [0.5, 0.6) is 0 Å². The summed E-state index contributed by atoms with van der Waals surface area (Å²) in [4.78, 5) is 0. The molecule has 3 rings (SSSR count). The first kappa shape index (κ1) is 15.0. The molecule has 0 aromatic heterocycles. The van der Waals surface area contributed by atoms with Crippen molar-refractivity contribution in [3.05, 3.63) is 0 Å². The first-order chi connectivity index (χ1) is 9.32. The summed E-state index contributed by atoms with van der Waals surface area (Å²) < 4.78 is 0. The fraction of sp³-hybridized carbons (Fsp3) is 1.00. The molecular formula is C17H32PPd. The van der Waals surface area contributed by atoms with Crippen molar-refractivity contribution in [3.63, 3.8) is 0 Å². The zero-order valence-corrected chi connectivity index (χ0v) is 15.0. The van der Waals surface area contributed by atoms with Gasteiger partial charge >= 0.3 is 131 Å². The van der Waals surface area contributed by atoms with Gasteiger partial charge in [-0.25, -0.2) is 0 Å². The molecule has 0 heterocycles. The molecule has 0 aliphatic heterocycles. The Hall–Kier alpha value is 1.09. The Morgan fingerprint density at radius 1 is 0.474 bits per heavy atom. The summed E-state index contributed by atoms with van der Waals surface area (Å²) in [7, 11) is 0. The summed E-state index contributed by atoms with van der Waals surface area (Å²) in [6.45, 7) is 0. The van der Waals surface area contributed by atoms with Crippen LogP contribution in [0.3, 0.4) is 0 Å². The van der Waals surface area contributed by atoms with E-state index in [1.807, 2.05) is 0 Å². The van der Waals surface area contributed by atoms with Crippen LogP contribution in [0.2, 0.25) is 0 Å². The predicted molar refractivity (Wildman–Crippen MR) is 84.3 cm³/mol. The molecule has 3 saturated carbocycles. The van der Waals surface area contributed by atoms with Gasteiger partial charge in [-0.2, -0.15) is 0 Å². The topological polar surface area (TPSA) is 0 Å². The average Bonchev–Trinajstić information content (AvgIpc) is 3.03. The summed E-state index contributed by atoms with van der Waals surface area (Å²) in [5.74, 6) is 0. The van der Waals surface area contributed by atoms with Crippen LogP contribution in [0.25, 0.3) is 0 Å². The third-order valence-corrected chi connectivity index (χ3v) is 17.4. The molecule has 0 spiro atoms. The van der Waals surface area contributed by atoms with Gasteiger partial charge in [0, 0.05) is 0 Å². The van der Waals surface area contributed by atoms with Gasteiger partial charge in [0.05, 0.1) is 0 Å². The molecule has 0 radical (unpaired) electrons. The molecule has 0 atom stereocenters. The second-order valence-corrected chi connectivity index (χ2v) is 15.5. The zero-order valence-electron chi connectivity index (χ0n) is 12.4. The van der Waals surface area contributed by atoms with E-state index in [1.54, 1.807) is 38.5 Å². The molecule has 115 valence electrons. The first-order valence-corrected chi connectivity index (χ1v) is 13.4. The quantitative estimate of drug-likeness (QED) is 0.433. The van der Waals surface area contributed by atoms with Crippen molar-refractivity contribution in [2.45, 2.75) is 107 Å². The molecule has 2 heteroatoms. The van der Waals surface area contributed by atoms with Gasteiger partial charge in [-0.1, -0.05) is 0 Å². The average molecular weight is 374 g/mol. The maximum absolute atomic E-state index is 4.24. The van der Waals surface area contributed by atoms with Crippen LogP contribution in [0.15, 0.2) is 0 Å². The molecule has 3 aliphatic carbocycles. The summed E-state index contributed by atoms with van der Waals surface area (Å²) in [5, 5.41) is 0. The van der Waals surface area contributed by atoms with E-state index in [-0.39, 0.29) is 0 Å². The van der Waals surface area contributed by atoms with Crippen molar-refractivity contribution < 1.29 is 18.7 Å². The van der Waals surface area contributed by atoms with E-state index in [1.165, 1.54) is 51.4 Å². The molecule has 0 N–H and O–H groups in total. The molecule has 0 aromatic rings. The van der Waals surface area contributed by atoms with E-state index in [0.29, 0.717) is 0 Å².